The average Bonchev–Trinajstić information content (AvgIpc) is 2.84. The van der Waals surface area contributed by atoms with Gasteiger partial charge in [-0.1, -0.05) is 5.70 Å². The van der Waals surface area contributed by atoms with Crippen molar-refractivity contribution >= 4 is 37.4 Å². The molecule has 5 radical (unpaired) electrons. The van der Waals surface area contributed by atoms with Gasteiger partial charge in [-0.2, -0.15) is 0 Å². The molecule has 0 fully saturated rings. The van der Waals surface area contributed by atoms with Gasteiger partial charge in [0.05, 0.1) is 5.79 Å². The van der Waals surface area contributed by atoms with E-state index < -0.39 is 27.9 Å². The number of nitrogens with zero attached hydrogens (tertiary/aromatic N) is 2. The van der Waals surface area contributed by atoms with Crippen LogP contribution in [-0.2, 0) is 26.6 Å². The van der Waals surface area contributed by atoms with Gasteiger partial charge in [0.1, 0.15) is 9.52 Å². The molecule has 0 aromatic carbocycles. The lowest BCUT2D eigenvalue weighted by atomic mass is 10.4. The molecular weight excluding hydrogens is 525 g/mol. The summed E-state index contributed by atoms with van der Waals surface area (Å²) >= 11 is 0. The van der Waals surface area contributed by atoms with E-state index in [1.165, 1.54) is 5.20 Å². The lowest BCUT2D eigenvalue weighted by Gasteiger charge is -2.35. The molecule has 0 aliphatic heterocycles. The van der Waals surface area contributed by atoms with Crippen LogP contribution in [0.2, 0.25) is 12.1 Å². The Hall–Kier alpha value is 0.288. The Kier molecular flexibility index (Phi) is 24.5. The minimum Gasteiger partial charge on any atom is -0.394 e. The molecule has 0 aromatic rings. The third kappa shape index (κ3) is 17.0. The lowest BCUT2D eigenvalue weighted by Crippen LogP contribution is -2.49. The maximum absolute atomic E-state index is 5.91. The predicted molar refractivity (Wildman–Crippen MR) is 154 cm³/mol. The second-order valence-corrected chi connectivity index (χ2v) is 14.9. The molecule has 0 amide bonds. The summed E-state index contributed by atoms with van der Waals surface area (Å²) in [5, 5.41) is 1.24. The lowest BCUT2D eigenvalue weighted by molar-refractivity contribution is 0.141. The average molecular weight is 578 g/mol. The maximum atomic E-state index is 5.91. The summed E-state index contributed by atoms with van der Waals surface area (Å²) in [6, 6.07) is 2.00. The van der Waals surface area contributed by atoms with Crippen molar-refractivity contribution in [3.05, 3.63) is 10.9 Å². The minimum atomic E-state index is -1.38. The van der Waals surface area contributed by atoms with Crippen LogP contribution in [-0.4, -0.2) is 120 Å². The van der Waals surface area contributed by atoms with E-state index in [-0.39, 0.29) is 0 Å². The zero-order valence-corrected chi connectivity index (χ0v) is 28.5. The molecule has 0 aliphatic rings. The molecule has 0 unspecified atom stereocenters. The summed E-state index contributed by atoms with van der Waals surface area (Å²) < 4.78 is 35.2. The molecule has 36 heavy (non-hydrogen) atoms. The molecule has 0 saturated carbocycles. The highest BCUT2D eigenvalue weighted by molar-refractivity contribution is 6.57. The minimum absolute atomic E-state index is 0.316. The number of allylic oxidation sites excluding steroid dienone is 1. The Balaban J connectivity index is 5.22. The normalized spacial score (nSPS) is 13.0. The highest BCUT2D eigenvalue weighted by atomic mass is 28.3. The van der Waals surface area contributed by atoms with Crippen molar-refractivity contribution in [2.75, 3.05) is 66.8 Å². The zero-order valence-electron chi connectivity index (χ0n) is 24.5. The van der Waals surface area contributed by atoms with Crippen LogP contribution >= 0.6 is 0 Å². The number of hydrogen-bond acceptors (Lipinski definition) is 8. The van der Waals surface area contributed by atoms with Gasteiger partial charge >= 0.3 is 27.9 Å². The van der Waals surface area contributed by atoms with Crippen molar-refractivity contribution in [2.45, 2.75) is 79.2 Å². The topological polar surface area (TPSA) is 61.9 Å². The Bertz CT molecular complexity index is 493. The van der Waals surface area contributed by atoms with Gasteiger partial charge in [0.25, 0.3) is 0 Å². The third-order valence-corrected chi connectivity index (χ3v) is 13.1. The van der Waals surface area contributed by atoms with Crippen molar-refractivity contribution in [3.8, 4) is 0 Å². The Morgan fingerprint density at radius 2 is 1.03 bits per heavy atom. The Morgan fingerprint density at radius 1 is 0.667 bits per heavy atom. The standard InChI is InChI=1S/C24H53N2O6Si4/c1-10-27-34(28-11-2)20-16-18-25(8)24(33-22-23(7)36(31-14-5)32-15-6)26(9)19-17-21-35(29-12-3)30-13-4/h22,24H,10-21H2,1-9H3. The molecule has 0 rings (SSSR count). The maximum Gasteiger partial charge on any atom is 0.418 e. The van der Waals surface area contributed by atoms with Gasteiger partial charge in [-0.05, 0) is 106 Å². The second kappa shape index (κ2) is 24.3. The molecule has 0 aromatic heterocycles. The van der Waals surface area contributed by atoms with Gasteiger partial charge in [0.2, 0.25) is 0 Å². The molecule has 0 heterocycles. The molecular formula is C24H53N2O6Si4. The van der Waals surface area contributed by atoms with Gasteiger partial charge < -0.3 is 26.6 Å². The fraction of sp³-hybridized carbons (Fsp3) is 0.917. The van der Waals surface area contributed by atoms with Gasteiger partial charge in [0.15, 0.2) is 0 Å². The fourth-order valence-corrected chi connectivity index (χ4v) is 9.46. The summed E-state index contributed by atoms with van der Waals surface area (Å²) in [5.41, 5.74) is 2.35. The van der Waals surface area contributed by atoms with E-state index in [4.69, 9.17) is 26.6 Å². The van der Waals surface area contributed by atoms with E-state index >= 15 is 0 Å². The quantitative estimate of drug-likeness (QED) is 0.120. The van der Waals surface area contributed by atoms with Crippen molar-refractivity contribution in [1.29, 1.82) is 0 Å². The molecule has 0 spiro atoms. The molecule has 0 aliphatic carbocycles. The Labute approximate surface area is 230 Å². The van der Waals surface area contributed by atoms with Crippen molar-refractivity contribution < 1.29 is 26.6 Å². The van der Waals surface area contributed by atoms with Crippen LogP contribution < -0.4 is 0 Å². The summed E-state index contributed by atoms with van der Waals surface area (Å²) in [6.45, 7) is 20.6. The van der Waals surface area contributed by atoms with E-state index in [0.717, 1.165) is 64.4 Å². The summed E-state index contributed by atoms with van der Waals surface area (Å²) in [4.78, 5) is 4.95. The highest BCUT2D eigenvalue weighted by Gasteiger charge is 2.24. The van der Waals surface area contributed by atoms with Gasteiger partial charge in [-0.25, -0.2) is 0 Å². The number of hydrogen-bond donors (Lipinski definition) is 0. The summed E-state index contributed by atoms with van der Waals surface area (Å²) in [7, 11) is 1.37. The van der Waals surface area contributed by atoms with Crippen LogP contribution in [0.25, 0.3) is 0 Å². The van der Waals surface area contributed by atoms with Crippen LogP contribution in [0.3, 0.4) is 0 Å². The first-order valence-corrected chi connectivity index (χ1v) is 19.1. The molecule has 0 N–H and O–H groups in total. The van der Waals surface area contributed by atoms with E-state index in [2.05, 4.69) is 36.5 Å². The van der Waals surface area contributed by atoms with Crippen LogP contribution in [0.5, 0.6) is 0 Å². The van der Waals surface area contributed by atoms with Gasteiger partial charge in [-0.15, -0.1) is 0 Å². The van der Waals surface area contributed by atoms with E-state index in [1.807, 2.05) is 41.5 Å². The zero-order chi connectivity index (χ0) is 27.2. The first kappa shape index (κ1) is 36.3. The van der Waals surface area contributed by atoms with Crippen LogP contribution in [0.1, 0.15) is 61.3 Å². The molecule has 12 heteroatoms. The summed E-state index contributed by atoms with van der Waals surface area (Å²) in [6.07, 6.45) is 2.13. The monoisotopic (exact) mass is 577 g/mol. The van der Waals surface area contributed by atoms with Crippen LogP contribution in [0, 0.1) is 0 Å². The van der Waals surface area contributed by atoms with Crippen LogP contribution in [0.4, 0.5) is 0 Å². The largest absolute Gasteiger partial charge is 0.418 e. The van der Waals surface area contributed by atoms with Crippen molar-refractivity contribution in [1.82, 2.24) is 9.80 Å². The number of rotatable bonds is 25. The highest BCUT2D eigenvalue weighted by Crippen LogP contribution is 2.12. The first-order valence-electron chi connectivity index (χ1n) is 13.6. The smallest absolute Gasteiger partial charge is 0.394 e. The second-order valence-electron chi connectivity index (χ2n) is 8.17. The Morgan fingerprint density at radius 3 is 1.36 bits per heavy atom. The fourth-order valence-electron chi connectivity index (χ4n) is 3.59. The molecule has 8 nitrogen and oxygen atoms in total. The van der Waals surface area contributed by atoms with E-state index in [1.54, 1.807) is 0 Å². The molecule has 0 atom stereocenters. The molecule has 0 saturated heterocycles. The van der Waals surface area contributed by atoms with E-state index in [0.29, 0.717) is 28.5 Å². The molecule has 0 bridgehead atoms. The van der Waals surface area contributed by atoms with Crippen molar-refractivity contribution in [2.24, 2.45) is 0 Å². The SMILES string of the molecule is CCO[Si](CCCN(C)C([Si]C=C(C)[Si](OCC)OCC)N(C)CCC[Si](OCC)OCC)OCC. The van der Waals surface area contributed by atoms with Gasteiger partial charge in [-0.3, -0.25) is 9.80 Å². The summed E-state index contributed by atoms with van der Waals surface area (Å²) in [5.74, 6) is 0.316. The first-order chi connectivity index (χ1) is 17.4. The van der Waals surface area contributed by atoms with Crippen molar-refractivity contribution in [3.63, 3.8) is 0 Å². The van der Waals surface area contributed by atoms with Crippen LogP contribution in [0.15, 0.2) is 10.9 Å². The third-order valence-electron chi connectivity index (χ3n) is 5.16. The molecule has 211 valence electrons. The predicted octanol–water partition coefficient (Wildman–Crippen LogP) is 3.74. The van der Waals surface area contributed by atoms with Gasteiger partial charge in [0, 0.05) is 39.6 Å². The van der Waals surface area contributed by atoms with E-state index in [9.17, 15) is 0 Å².